The zero-order valence-corrected chi connectivity index (χ0v) is 13.7. The van der Waals surface area contributed by atoms with E-state index in [2.05, 4.69) is 15.3 Å². The van der Waals surface area contributed by atoms with Crippen LogP contribution in [0.1, 0.15) is 21.6 Å². The van der Waals surface area contributed by atoms with Gasteiger partial charge in [0.1, 0.15) is 0 Å². The van der Waals surface area contributed by atoms with E-state index >= 15 is 0 Å². The van der Waals surface area contributed by atoms with E-state index in [4.69, 9.17) is 0 Å². The van der Waals surface area contributed by atoms with Gasteiger partial charge < -0.3 is 10.3 Å². The first kappa shape index (κ1) is 16.4. The molecule has 2 aromatic carbocycles. The normalized spacial score (nSPS) is 10.8. The van der Waals surface area contributed by atoms with Gasteiger partial charge in [-0.3, -0.25) is 4.79 Å². The minimum Gasteiger partial charge on any atom is -0.355 e. The Morgan fingerprint density at radius 3 is 2.28 bits per heavy atom. The minimum atomic E-state index is -0.501. The Morgan fingerprint density at radius 2 is 1.64 bits per heavy atom. The van der Waals surface area contributed by atoms with Crippen molar-refractivity contribution >= 4 is 18.1 Å². The van der Waals surface area contributed by atoms with Gasteiger partial charge in [-0.05, 0) is 11.6 Å². The number of carbonyl (C=O) groups excluding carboxylic acids is 1. The van der Waals surface area contributed by atoms with Crippen molar-refractivity contribution < 1.29 is 4.79 Å². The van der Waals surface area contributed by atoms with Gasteiger partial charge in [0.25, 0.3) is 5.91 Å². The molecule has 0 spiro atoms. The maximum absolute atomic E-state index is 12.4. The van der Waals surface area contributed by atoms with Crippen molar-refractivity contribution in [1.82, 2.24) is 15.3 Å². The Bertz CT molecular complexity index is 961. The summed E-state index contributed by atoms with van der Waals surface area (Å²) in [5.74, 6) is -0.310. The van der Waals surface area contributed by atoms with Crippen molar-refractivity contribution in [2.75, 3.05) is 7.05 Å². The van der Waals surface area contributed by atoms with E-state index in [1.807, 2.05) is 66.7 Å². The number of aromatic nitrogens is 2. The molecule has 3 rings (SSSR count). The number of hydrogen-bond acceptors (Lipinski definition) is 3. The summed E-state index contributed by atoms with van der Waals surface area (Å²) in [5, 5.41) is 2.61. The van der Waals surface area contributed by atoms with Gasteiger partial charge in [-0.2, -0.15) is 4.98 Å². The molecule has 0 saturated heterocycles. The van der Waals surface area contributed by atoms with Crippen LogP contribution in [0.15, 0.2) is 65.5 Å². The summed E-state index contributed by atoms with van der Waals surface area (Å²) in [5.41, 5.74) is 2.28. The Balaban J connectivity index is 2.17. The second-order valence-electron chi connectivity index (χ2n) is 5.37. The predicted molar refractivity (Wildman–Crippen MR) is 99.1 cm³/mol. The summed E-state index contributed by atoms with van der Waals surface area (Å²) in [4.78, 5) is 31.2. The summed E-state index contributed by atoms with van der Waals surface area (Å²) in [6.45, 7) is 0. The maximum atomic E-state index is 12.4. The number of hydrogen-bond donors (Lipinski definition) is 2. The number of H-pyrrole nitrogens is 1. The lowest BCUT2D eigenvalue weighted by Gasteiger charge is -2.10. The van der Waals surface area contributed by atoms with Crippen LogP contribution in [0.5, 0.6) is 0 Å². The van der Waals surface area contributed by atoms with Crippen LogP contribution in [0, 0.1) is 0 Å². The lowest BCUT2D eigenvalue weighted by molar-refractivity contribution is 0.0963. The van der Waals surface area contributed by atoms with Crippen molar-refractivity contribution in [3.8, 4) is 11.3 Å². The van der Waals surface area contributed by atoms with E-state index in [0.29, 0.717) is 22.5 Å². The Hall–Kier alpha value is -3.47. The molecule has 5 heteroatoms. The van der Waals surface area contributed by atoms with Gasteiger partial charge in [-0.25, -0.2) is 4.79 Å². The molecule has 0 aliphatic heterocycles. The average molecular weight is 331 g/mol. The van der Waals surface area contributed by atoms with Crippen LogP contribution in [0.2, 0.25) is 0 Å². The highest BCUT2D eigenvalue weighted by Gasteiger charge is 2.18. The molecule has 0 unspecified atom stereocenters. The first-order valence-electron chi connectivity index (χ1n) is 7.84. The van der Waals surface area contributed by atoms with Crippen molar-refractivity contribution in [1.29, 1.82) is 0 Å². The standard InChI is InChI=1S/C20H17N3O2/c1-21-19(24)17-16(13-12-14-8-4-2-5-9-14)22-20(25)23-18(17)15-10-6-3-7-11-15/h2-13H,1H3,(H,21,24)(H,22,23,25)/b13-12+. The molecule has 25 heavy (non-hydrogen) atoms. The molecule has 0 fully saturated rings. The highest BCUT2D eigenvalue weighted by molar-refractivity contribution is 6.03. The largest absolute Gasteiger partial charge is 0.355 e. The predicted octanol–water partition coefficient (Wildman–Crippen LogP) is 2.97. The highest BCUT2D eigenvalue weighted by atomic mass is 16.2. The molecule has 1 aromatic heterocycles. The van der Waals surface area contributed by atoms with Crippen molar-refractivity contribution in [2.24, 2.45) is 0 Å². The van der Waals surface area contributed by atoms with Gasteiger partial charge in [-0.15, -0.1) is 0 Å². The third kappa shape index (κ3) is 3.72. The Labute approximate surface area is 145 Å². The highest BCUT2D eigenvalue weighted by Crippen LogP contribution is 2.23. The number of nitrogens with zero attached hydrogens (tertiary/aromatic N) is 1. The summed E-state index contributed by atoms with van der Waals surface area (Å²) >= 11 is 0. The molecule has 1 amide bonds. The van der Waals surface area contributed by atoms with Gasteiger partial charge in [0.15, 0.2) is 0 Å². The van der Waals surface area contributed by atoms with Gasteiger partial charge in [-0.1, -0.05) is 66.7 Å². The van der Waals surface area contributed by atoms with Gasteiger partial charge in [0.05, 0.1) is 17.0 Å². The summed E-state index contributed by atoms with van der Waals surface area (Å²) in [6.07, 6.45) is 3.56. The molecule has 3 aromatic rings. The summed E-state index contributed by atoms with van der Waals surface area (Å²) in [7, 11) is 1.55. The minimum absolute atomic E-state index is 0.310. The first-order valence-corrected chi connectivity index (χ1v) is 7.84. The Kier molecular flexibility index (Phi) is 4.85. The van der Waals surface area contributed by atoms with Gasteiger partial charge >= 0.3 is 5.69 Å². The smallest absolute Gasteiger partial charge is 0.345 e. The monoisotopic (exact) mass is 331 g/mol. The molecular formula is C20H17N3O2. The zero-order valence-electron chi connectivity index (χ0n) is 13.7. The van der Waals surface area contributed by atoms with Crippen molar-refractivity contribution in [3.63, 3.8) is 0 Å². The van der Waals surface area contributed by atoms with E-state index in [9.17, 15) is 9.59 Å². The molecule has 124 valence electrons. The number of carbonyl (C=O) groups is 1. The molecule has 0 radical (unpaired) electrons. The number of nitrogens with one attached hydrogen (secondary N) is 2. The number of aromatic amines is 1. The van der Waals surface area contributed by atoms with Crippen LogP contribution in [-0.4, -0.2) is 22.9 Å². The van der Waals surface area contributed by atoms with Crippen LogP contribution in [-0.2, 0) is 0 Å². The van der Waals surface area contributed by atoms with E-state index in [1.54, 1.807) is 13.1 Å². The Morgan fingerprint density at radius 1 is 1.00 bits per heavy atom. The number of amides is 1. The number of rotatable bonds is 4. The summed E-state index contributed by atoms with van der Waals surface area (Å²) < 4.78 is 0. The fourth-order valence-corrected chi connectivity index (χ4v) is 2.52. The average Bonchev–Trinajstić information content (AvgIpc) is 2.67. The molecular weight excluding hydrogens is 314 g/mol. The maximum Gasteiger partial charge on any atom is 0.345 e. The summed E-state index contributed by atoms with van der Waals surface area (Å²) in [6, 6.07) is 18.8. The molecule has 2 N–H and O–H groups in total. The third-order valence-electron chi connectivity index (χ3n) is 3.70. The fraction of sp³-hybridized carbons (Fsp3) is 0.0500. The third-order valence-corrected chi connectivity index (χ3v) is 3.70. The zero-order chi connectivity index (χ0) is 17.6. The SMILES string of the molecule is CNC(=O)c1c(-c2ccccc2)nc(=O)[nH]c1/C=C/c1ccccc1. The lowest BCUT2D eigenvalue weighted by Crippen LogP contribution is -2.25. The molecule has 1 heterocycles. The number of benzene rings is 2. The molecule has 5 nitrogen and oxygen atoms in total. The van der Waals surface area contributed by atoms with E-state index in [-0.39, 0.29) is 5.91 Å². The van der Waals surface area contributed by atoms with Gasteiger partial charge in [0.2, 0.25) is 0 Å². The molecule has 0 aliphatic rings. The van der Waals surface area contributed by atoms with Crippen LogP contribution < -0.4 is 11.0 Å². The van der Waals surface area contributed by atoms with Crippen molar-refractivity contribution in [3.05, 3.63) is 88.0 Å². The fourth-order valence-electron chi connectivity index (χ4n) is 2.52. The topological polar surface area (TPSA) is 74.8 Å². The molecule has 0 aliphatic carbocycles. The first-order chi connectivity index (χ1) is 12.2. The molecule has 0 bridgehead atoms. The van der Waals surface area contributed by atoms with E-state index in [0.717, 1.165) is 5.56 Å². The van der Waals surface area contributed by atoms with E-state index < -0.39 is 5.69 Å². The van der Waals surface area contributed by atoms with Crippen molar-refractivity contribution in [2.45, 2.75) is 0 Å². The second-order valence-corrected chi connectivity index (χ2v) is 5.37. The van der Waals surface area contributed by atoms with Gasteiger partial charge in [0, 0.05) is 12.6 Å². The molecule has 0 atom stereocenters. The van der Waals surface area contributed by atoms with Crippen LogP contribution >= 0.6 is 0 Å². The second kappa shape index (κ2) is 7.40. The van der Waals surface area contributed by atoms with Crippen LogP contribution in [0.4, 0.5) is 0 Å². The lowest BCUT2D eigenvalue weighted by atomic mass is 10.0. The molecule has 0 saturated carbocycles. The van der Waals surface area contributed by atoms with Crippen LogP contribution in [0.3, 0.4) is 0 Å². The van der Waals surface area contributed by atoms with E-state index in [1.165, 1.54) is 0 Å². The van der Waals surface area contributed by atoms with Crippen LogP contribution in [0.25, 0.3) is 23.4 Å². The quantitative estimate of drug-likeness (QED) is 0.772.